The van der Waals surface area contributed by atoms with Crippen molar-refractivity contribution in [3.05, 3.63) is 64.1 Å². The standard InChI is InChI=1S/C18H19N3O3/c1-3-24-16-7-5-4-6-13(16)11-19-17(22)12-8-9-15-14(10-12)20-18(23)21(15)2/h4-10H,3,11H2,1-2H3,(H,19,22)(H,20,23). The fourth-order valence-corrected chi connectivity index (χ4v) is 2.60. The Bertz CT molecular complexity index is 940. The van der Waals surface area contributed by atoms with Crippen LogP contribution >= 0.6 is 0 Å². The Morgan fingerprint density at radius 2 is 2.04 bits per heavy atom. The number of nitrogens with one attached hydrogen (secondary N) is 2. The maximum Gasteiger partial charge on any atom is 0.326 e. The van der Waals surface area contributed by atoms with Crippen molar-refractivity contribution in [2.24, 2.45) is 7.05 Å². The lowest BCUT2D eigenvalue weighted by Gasteiger charge is -2.11. The summed E-state index contributed by atoms with van der Waals surface area (Å²) in [5, 5.41) is 2.88. The van der Waals surface area contributed by atoms with E-state index in [4.69, 9.17) is 4.74 Å². The molecule has 0 aliphatic carbocycles. The van der Waals surface area contributed by atoms with E-state index in [2.05, 4.69) is 10.3 Å². The first-order valence-electron chi connectivity index (χ1n) is 7.78. The normalized spacial score (nSPS) is 10.8. The number of hydrogen-bond acceptors (Lipinski definition) is 3. The second-order valence-electron chi connectivity index (χ2n) is 5.44. The van der Waals surface area contributed by atoms with E-state index in [-0.39, 0.29) is 11.6 Å². The van der Waals surface area contributed by atoms with Gasteiger partial charge < -0.3 is 15.0 Å². The molecule has 6 heteroatoms. The second-order valence-corrected chi connectivity index (χ2v) is 5.44. The quantitative estimate of drug-likeness (QED) is 0.755. The Morgan fingerprint density at radius 1 is 1.25 bits per heavy atom. The molecule has 124 valence electrons. The molecule has 0 fully saturated rings. The Morgan fingerprint density at radius 3 is 2.83 bits per heavy atom. The van der Waals surface area contributed by atoms with Crippen LogP contribution in [0.15, 0.2) is 47.3 Å². The molecule has 1 amide bonds. The summed E-state index contributed by atoms with van der Waals surface area (Å²) in [7, 11) is 1.69. The Kier molecular flexibility index (Phi) is 4.37. The first-order chi connectivity index (χ1) is 11.6. The summed E-state index contributed by atoms with van der Waals surface area (Å²) in [6.07, 6.45) is 0. The molecule has 0 spiro atoms. The second kappa shape index (κ2) is 6.62. The van der Waals surface area contributed by atoms with E-state index in [1.165, 1.54) is 4.57 Å². The third kappa shape index (κ3) is 3.03. The van der Waals surface area contributed by atoms with Gasteiger partial charge in [0, 0.05) is 24.7 Å². The van der Waals surface area contributed by atoms with Crippen LogP contribution in [-0.4, -0.2) is 22.1 Å². The molecule has 0 aliphatic rings. The molecular weight excluding hydrogens is 306 g/mol. The van der Waals surface area contributed by atoms with Crippen LogP contribution in [0.3, 0.4) is 0 Å². The first kappa shape index (κ1) is 15.9. The molecule has 0 atom stereocenters. The number of H-pyrrole nitrogens is 1. The lowest BCUT2D eigenvalue weighted by Crippen LogP contribution is -2.23. The van der Waals surface area contributed by atoms with Gasteiger partial charge in [-0.1, -0.05) is 18.2 Å². The van der Waals surface area contributed by atoms with Crippen molar-refractivity contribution in [3.63, 3.8) is 0 Å². The van der Waals surface area contributed by atoms with E-state index < -0.39 is 0 Å². The largest absolute Gasteiger partial charge is 0.494 e. The zero-order valence-corrected chi connectivity index (χ0v) is 13.6. The van der Waals surface area contributed by atoms with Crippen LogP contribution in [-0.2, 0) is 13.6 Å². The highest BCUT2D eigenvalue weighted by Gasteiger charge is 2.10. The van der Waals surface area contributed by atoms with Crippen LogP contribution in [0.1, 0.15) is 22.8 Å². The summed E-state index contributed by atoms with van der Waals surface area (Å²) in [6, 6.07) is 12.8. The summed E-state index contributed by atoms with van der Waals surface area (Å²) in [5.74, 6) is 0.566. The molecule has 0 saturated heterocycles. The van der Waals surface area contributed by atoms with Crippen molar-refractivity contribution < 1.29 is 9.53 Å². The molecule has 0 bridgehead atoms. The predicted molar refractivity (Wildman–Crippen MR) is 92.3 cm³/mol. The lowest BCUT2D eigenvalue weighted by atomic mass is 10.1. The van der Waals surface area contributed by atoms with Crippen LogP contribution < -0.4 is 15.7 Å². The number of ether oxygens (including phenoxy) is 1. The van der Waals surface area contributed by atoms with Crippen molar-refractivity contribution in [3.8, 4) is 5.75 Å². The minimum atomic E-state index is -0.201. The summed E-state index contributed by atoms with van der Waals surface area (Å²) >= 11 is 0. The molecule has 2 N–H and O–H groups in total. The third-order valence-corrected chi connectivity index (χ3v) is 3.88. The number of benzene rings is 2. The SMILES string of the molecule is CCOc1ccccc1CNC(=O)c1ccc2c(c1)[nH]c(=O)n2C. The number of aryl methyl sites for hydroxylation is 1. The fraction of sp³-hybridized carbons (Fsp3) is 0.222. The van der Waals surface area contributed by atoms with E-state index in [1.807, 2.05) is 31.2 Å². The number of carbonyl (C=O) groups is 1. The summed E-state index contributed by atoms with van der Waals surface area (Å²) in [6.45, 7) is 2.87. The van der Waals surface area contributed by atoms with Gasteiger partial charge in [0.15, 0.2) is 0 Å². The predicted octanol–water partition coefficient (Wildman–Crippen LogP) is 2.20. The molecule has 0 unspecified atom stereocenters. The fourth-order valence-electron chi connectivity index (χ4n) is 2.60. The van der Waals surface area contributed by atoms with Crippen LogP contribution in [0, 0.1) is 0 Å². The van der Waals surface area contributed by atoms with Gasteiger partial charge in [-0.25, -0.2) is 4.79 Å². The number of para-hydroxylation sites is 1. The van der Waals surface area contributed by atoms with Gasteiger partial charge in [-0.05, 0) is 31.2 Å². The number of nitrogens with zero attached hydrogens (tertiary/aromatic N) is 1. The van der Waals surface area contributed by atoms with Crippen LogP contribution in [0.2, 0.25) is 0 Å². The average Bonchev–Trinajstić information content (AvgIpc) is 2.88. The molecule has 24 heavy (non-hydrogen) atoms. The van der Waals surface area contributed by atoms with E-state index in [0.29, 0.717) is 24.2 Å². The minimum Gasteiger partial charge on any atom is -0.494 e. The molecule has 3 aromatic rings. The molecule has 0 aliphatic heterocycles. The van der Waals surface area contributed by atoms with E-state index in [9.17, 15) is 9.59 Å². The molecule has 6 nitrogen and oxygen atoms in total. The Hall–Kier alpha value is -3.02. The third-order valence-electron chi connectivity index (χ3n) is 3.88. The molecule has 0 radical (unpaired) electrons. The highest BCUT2D eigenvalue weighted by atomic mass is 16.5. The van der Waals surface area contributed by atoms with E-state index in [0.717, 1.165) is 16.8 Å². The van der Waals surface area contributed by atoms with Crippen molar-refractivity contribution in [1.82, 2.24) is 14.9 Å². The van der Waals surface area contributed by atoms with Crippen LogP contribution in [0.5, 0.6) is 5.75 Å². The first-order valence-corrected chi connectivity index (χ1v) is 7.78. The smallest absolute Gasteiger partial charge is 0.326 e. The van der Waals surface area contributed by atoms with Gasteiger partial charge in [0.1, 0.15) is 5.75 Å². The molecular formula is C18H19N3O3. The van der Waals surface area contributed by atoms with Gasteiger partial charge in [-0.3, -0.25) is 9.36 Å². The van der Waals surface area contributed by atoms with Gasteiger partial charge in [0.05, 0.1) is 17.6 Å². The number of imidazole rings is 1. The number of carbonyl (C=O) groups excluding carboxylic acids is 1. The maximum atomic E-state index is 12.4. The molecule has 0 saturated carbocycles. The Balaban J connectivity index is 1.77. The maximum absolute atomic E-state index is 12.4. The average molecular weight is 325 g/mol. The Labute approximate surface area is 139 Å². The van der Waals surface area contributed by atoms with Crippen molar-refractivity contribution in [2.75, 3.05) is 6.61 Å². The van der Waals surface area contributed by atoms with Crippen molar-refractivity contribution in [2.45, 2.75) is 13.5 Å². The number of aromatic nitrogens is 2. The number of rotatable bonds is 5. The molecule has 1 aromatic heterocycles. The molecule has 1 heterocycles. The van der Waals surface area contributed by atoms with E-state index in [1.54, 1.807) is 25.2 Å². The number of aromatic amines is 1. The lowest BCUT2D eigenvalue weighted by molar-refractivity contribution is 0.0950. The van der Waals surface area contributed by atoms with Gasteiger partial charge in [-0.2, -0.15) is 0 Å². The monoisotopic (exact) mass is 325 g/mol. The highest BCUT2D eigenvalue weighted by molar-refractivity contribution is 5.97. The number of amides is 1. The van der Waals surface area contributed by atoms with Gasteiger partial charge >= 0.3 is 5.69 Å². The zero-order chi connectivity index (χ0) is 17.1. The zero-order valence-electron chi connectivity index (χ0n) is 13.6. The van der Waals surface area contributed by atoms with E-state index >= 15 is 0 Å². The summed E-state index contributed by atoms with van der Waals surface area (Å²) < 4.78 is 7.06. The van der Waals surface area contributed by atoms with Crippen LogP contribution in [0.25, 0.3) is 11.0 Å². The molecule has 3 rings (SSSR count). The van der Waals surface area contributed by atoms with Crippen molar-refractivity contribution in [1.29, 1.82) is 0 Å². The minimum absolute atomic E-state index is 0.201. The van der Waals surface area contributed by atoms with Gasteiger partial charge in [0.25, 0.3) is 5.91 Å². The number of fused-ring (bicyclic) bond motifs is 1. The molecule has 2 aromatic carbocycles. The van der Waals surface area contributed by atoms with Gasteiger partial charge in [0.2, 0.25) is 0 Å². The topological polar surface area (TPSA) is 76.1 Å². The highest BCUT2D eigenvalue weighted by Crippen LogP contribution is 2.18. The van der Waals surface area contributed by atoms with Crippen molar-refractivity contribution >= 4 is 16.9 Å². The number of hydrogen-bond donors (Lipinski definition) is 2. The summed E-state index contributed by atoms with van der Waals surface area (Å²) in [4.78, 5) is 26.7. The van der Waals surface area contributed by atoms with Gasteiger partial charge in [-0.15, -0.1) is 0 Å². The summed E-state index contributed by atoms with van der Waals surface area (Å²) in [5.41, 5.74) is 2.62. The van der Waals surface area contributed by atoms with Crippen LogP contribution in [0.4, 0.5) is 0 Å².